The number of aryl methyl sites for hydroxylation is 1. The fraction of sp³-hybridized carbons (Fsp3) is 0.417. The summed E-state index contributed by atoms with van der Waals surface area (Å²) in [6, 6.07) is 12.6. The van der Waals surface area contributed by atoms with Crippen molar-refractivity contribution in [2.75, 3.05) is 6.61 Å². The molecule has 0 saturated carbocycles. The lowest BCUT2D eigenvalue weighted by molar-refractivity contribution is 0.0600. The molecule has 1 aromatic heterocycles. The zero-order valence-electron chi connectivity index (χ0n) is 17.9. The summed E-state index contributed by atoms with van der Waals surface area (Å²) in [4.78, 5) is 0.249. The number of benzene rings is 2. The Morgan fingerprint density at radius 1 is 1.17 bits per heavy atom. The van der Waals surface area contributed by atoms with E-state index >= 15 is 0 Å². The molecule has 0 bridgehead atoms. The van der Waals surface area contributed by atoms with Gasteiger partial charge in [0.2, 0.25) is 0 Å². The maximum absolute atomic E-state index is 13.3. The third-order valence-corrected chi connectivity index (χ3v) is 7.99. The second kappa shape index (κ2) is 6.94. The molecule has 2 atom stereocenters. The third-order valence-electron chi connectivity index (χ3n) is 6.29. The Morgan fingerprint density at radius 3 is 2.43 bits per heavy atom. The lowest BCUT2D eigenvalue weighted by Crippen LogP contribution is -2.25. The predicted octanol–water partition coefficient (Wildman–Crippen LogP) is 4.09. The molecule has 0 fully saturated rings. The zero-order chi connectivity index (χ0) is 21.9. The molecule has 4 rings (SSSR count). The van der Waals surface area contributed by atoms with Crippen LogP contribution >= 0.6 is 0 Å². The van der Waals surface area contributed by atoms with Crippen LogP contribution in [0.3, 0.4) is 0 Å². The first kappa shape index (κ1) is 21.1. The van der Waals surface area contributed by atoms with Crippen molar-refractivity contribution in [1.29, 1.82) is 0 Å². The van der Waals surface area contributed by atoms with E-state index in [1.165, 1.54) is 3.97 Å². The summed E-state index contributed by atoms with van der Waals surface area (Å²) in [6.45, 7) is 7.53. The average molecular weight is 428 g/mol. The Kier molecular flexibility index (Phi) is 4.88. The lowest BCUT2D eigenvalue weighted by atomic mass is 9.83. The Hall–Kier alpha value is -2.15. The minimum atomic E-state index is -3.73. The van der Waals surface area contributed by atoms with Gasteiger partial charge in [0, 0.05) is 17.0 Å². The Bertz CT molecular complexity index is 1200. The van der Waals surface area contributed by atoms with Crippen LogP contribution in [0.1, 0.15) is 56.2 Å². The molecule has 160 valence electrons. The van der Waals surface area contributed by atoms with Gasteiger partial charge < -0.3 is 10.2 Å². The number of hydrogen-bond acceptors (Lipinski definition) is 4. The van der Waals surface area contributed by atoms with Crippen LogP contribution in [-0.2, 0) is 15.4 Å². The molecule has 0 unspecified atom stereocenters. The van der Waals surface area contributed by atoms with Crippen LogP contribution in [0.5, 0.6) is 0 Å². The minimum Gasteiger partial charge on any atom is -0.395 e. The van der Waals surface area contributed by atoms with Gasteiger partial charge in [0.05, 0.1) is 22.6 Å². The summed E-state index contributed by atoms with van der Waals surface area (Å²) in [5.41, 5.74) is 2.42. The molecule has 0 aliphatic heterocycles. The standard InChI is InChI=1S/C24H29NO4S/c1-16-5-7-19(8-6-16)30(28,29)25-10-9-17-11-21-20(12-22(17)25)18(13-23(2,3)27)14-24(21,4)15-26/h5-12,18,26-27H,13-15H2,1-4H3/t18-,24+/m0/s1. The lowest BCUT2D eigenvalue weighted by Gasteiger charge is -2.25. The number of rotatable bonds is 5. The van der Waals surface area contributed by atoms with Crippen molar-refractivity contribution in [3.05, 3.63) is 65.4 Å². The highest BCUT2D eigenvalue weighted by atomic mass is 32.2. The van der Waals surface area contributed by atoms with Crippen molar-refractivity contribution in [3.8, 4) is 0 Å². The first-order valence-corrected chi connectivity index (χ1v) is 11.7. The van der Waals surface area contributed by atoms with E-state index in [-0.39, 0.29) is 17.4 Å². The number of fused-ring (bicyclic) bond motifs is 2. The first-order valence-electron chi connectivity index (χ1n) is 10.3. The summed E-state index contributed by atoms with van der Waals surface area (Å²) in [6.07, 6.45) is 2.86. The van der Waals surface area contributed by atoms with E-state index in [4.69, 9.17) is 0 Å². The maximum atomic E-state index is 13.3. The predicted molar refractivity (Wildman–Crippen MR) is 118 cm³/mol. The highest BCUT2D eigenvalue weighted by molar-refractivity contribution is 7.90. The van der Waals surface area contributed by atoms with E-state index in [0.29, 0.717) is 11.9 Å². The van der Waals surface area contributed by atoms with Gasteiger partial charge in [0.25, 0.3) is 10.0 Å². The fourth-order valence-electron chi connectivity index (χ4n) is 4.77. The quantitative estimate of drug-likeness (QED) is 0.643. The zero-order valence-corrected chi connectivity index (χ0v) is 18.7. The van der Waals surface area contributed by atoms with Crippen molar-refractivity contribution >= 4 is 20.9 Å². The van der Waals surface area contributed by atoms with Gasteiger partial charge in [-0.3, -0.25) is 0 Å². The molecule has 0 spiro atoms. The SMILES string of the molecule is Cc1ccc(S(=O)(=O)n2ccc3cc4c(cc32)[C@@H](CC(C)(C)O)C[C@]4(C)CO)cc1. The number of nitrogens with zero attached hydrogens (tertiary/aromatic N) is 1. The van der Waals surface area contributed by atoms with Crippen molar-refractivity contribution in [3.63, 3.8) is 0 Å². The Labute approximate surface area is 178 Å². The van der Waals surface area contributed by atoms with Crippen LogP contribution in [-0.4, -0.2) is 34.8 Å². The molecule has 1 heterocycles. The molecule has 2 N–H and O–H groups in total. The molecule has 1 aliphatic carbocycles. The second-order valence-corrected chi connectivity index (χ2v) is 11.4. The van der Waals surface area contributed by atoms with Crippen molar-refractivity contribution in [2.24, 2.45) is 0 Å². The van der Waals surface area contributed by atoms with Gasteiger partial charge in [-0.05, 0) is 81.0 Å². The van der Waals surface area contributed by atoms with Crippen LogP contribution in [0.4, 0.5) is 0 Å². The van der Waals surface area contributed by atoms with Crippen molar-refractivity contribution in [2.45, 2.75) is 62.4 Å². The van der Waals surface area contributed by atoms with E-state index in [1.807, 2.05) is 32.0 Å². The van der Waals surface area contributed by atoms with Crippen molar-refractivity contribution in [1.82, 2.24) is 3.97 Å². The van der Waals surface area contributed by atoms with Crippen LogP contribution in [0.25, 0.3) is 10.9 Å². The molecule has 0 radical (unpaired) electrons. The van der Waals surface area contributed by atoms with E-state index in [1.54, 1.807) is 44.3 Å². The smallest absolute Gasteiger partial charge is 0.268 e. The van der Waals surface area contributed by atoms with Gasteiger partial charge >= 0.3 is 0 Å². The number of aliphatic hydroxyl groups excluding tert-OH is 1. The highest BCUT2D eigenvalue weighted by Crippen LogP contribution is 2.50. The van der Waals surface area contributed by atoms with E-state index in [2.05, 4.69) is 0 Å². The topological polar surface area (TPSA) is 79.5 Å². The number of hydrogen-bond donors (Lipinski definition) is 2. The highest BCUT2D eigenvalue weighted by Gasteiger charge is 2.42. The van der Waals surface area contributed by atoms with Crippen molar-refractivity contribution < 1.29 is 18.6 Å². The van der Waals surface area contributed by atoms with Gasteiger partial charge in [-0.15, -0.1) is 0 Å². The summed E-state index contributed by atoms with van der Waals surface area (Å²) in [5.74, 6) is 0.0481. The summed E-state index contributed by atoms with van der Waals surface area (Å²) in [5, 5.41) is 21.3. The molecule has 2 aromatic carbocycles. The molecular weight excluding hydrogens is 398 g/mol. The summed E-state index contributed by atoms with van der Waals surface area (Å²) >= 11 is 0. The van der Waals surface area contributed by atoms with Crippen LogP contribution in [0.2, 0.25) is 0 Å². The van der Waals surface area contributed by atoms with E-state index in [0.717, 1.165) is 28.5 Å². The molecule has 0 amide bonds. The summed E-state index contributed by atoms with van der Waals surface area (Å²) in [7, 11) is -3.73. The van der Waals surface area contributed by atoms with Gasteiger partial charge in [-0.25, -0.2) is 12.4 Å². The van der Waals surface area contributed by atoms with Crippen LogP contribution in [0, 0.1) is 6.92 Å². The van der Waals surface area contributed by atoms with Gasteiger partial charge in [0.1, 0.15) is 0 Å². The number of aromatic nitrogens is 1. The monoisotopic (exact) mass is 427 g/mol. The molecule has 3 aromatic rings. The minimum absolute atomic E-state index is 0.0102. The van der Waals surface area contributed by atoms with E-state index in [9.17, 15) is 18.6 Å². The Balaban J connectivity index is 1.89. The van der Waals surface area contributed by atoms with Crippen LogP contribution < -0.4 is 0 Å². The van der Waals surface area contributed by atoms with E-state index < -0.39 is 21.0 Å². The molecule has 6 heteroatoms. The average Bonchev–Trinajstić information content (AvgIpc) is 3.19. The number of aliphatic hydroxyl groups is 2. The third kappa shape index (κ3) is 3.47. The molecule has 1 aliphatic rings. The van der Waals surface area contributed by atoms with Gasteiger partial charge in [0.15, 0.2) is 0 Å². The molecule has 30 heavy (non-hydrogen) atoms. The van der Waals surface area contributed by atoms with Gasteiger partial charge in [-0.2, -0.15) is 0 Å². The van der Waals surface area contributed by atoms with Gasteiger partial charge in [-0.1, -0.05) is 24.6 Å². The summed E-state index contributed by atoms with van der Waals surface area (Å²) < 4.78 is 27.9. The molecular formula is C24H29NO4S. The fourth-order valence-corrected chi connectivity index (χ4v) is 6.11. The molecule has 0 saturated heterocycles. The molecule has 5 nitrogen and oxygen atoms in total. The normalized spacial score (nSPS) is 21.9. The Morgan fingerprint density at radius 2 is 1.83 bits per heavy atom. The second-order valence-electron chi connectivity index (χ2n) is 9.56. The van der Waals surface area contributed by atoms with Crippen LogP contribution in [0.15, 0.2) is 53.6 Å². The largest absolute Gasteiger partial charge is 0.395 e. The maximum Gasteiger partial charge on any atom is 0.268 e. The first-order chi connectivity index (χ1) is 13.9.